The molecule has 0 saturated carbocycles. The minimum absolute atomic E-state index is 0.579. The highest BCUT2D eigenvalue weighted by Crippen LogP contribution is 2.08. The Labute approximate surface area is 39.3 Å². The smallest absolute Gasteiger partial charge is 0.0891 e. The topological polar surface area (TPSA) is 20.2 Å². The highest BCUT2D eigenvalue weighted by atomic mass is 32.2. The van der Waals surface area contributed by atoms with Crippen LogP contribution in [0, 0.1) is 0 Å². The van der Waals surface area contributed by atoms with Crippen LogP contribution in [0.25, 0.3) is 0 Å². The summed E-state index contributed by atoms with van der Waals surface area (Å²) in [7, 11) is -1.39. The average Bonchev–Trinajstić information content (AvgIpc) is 1.35. The van der Waals surface area contributed by atoms with Gasteiger partial charge in [-0.15, -0.1) is 0 Å². The molecule has 1 unspecified atom stereocenters. The van der Waals surface area contributed by atoms with Crippen LogP contribution in [-0.2, 0) is 0 Å². The van der Waals surface area contributed by atoms with Gasteiger partial charge in [0.2, 0.25) is 0 Å². The molecule has 0 aromatic carbocycles. The summed E-state index contributed by atoms with van der Waals surface area (Å²) in [5, 5.41) is 0. The standard InChI is InChI=1S/C2H7OPS/c1-5-2-4-3/h3-4H,2H2,1H3/i4D. The first-order chi connectivity index (χ1) is 2.77. The molecule has 1 atom stereocenters. The van der Waals surface area contributed by atoms with Gasteiger partial charge in [0.25, 0.3) is 0 Å². The number of rotatable bonds is 2. The minimum atomic E-state index is -1.39. The zero-order valence-corrected chi connectivity index (χ0v) is 4.72. The fraction of sp³-hybridized carbons (Fsp3) is 1.00. The SMILES string of the molecule is [2H]P(O)CSC. The summed E-state index contributed by atoms with van der Waals surface area (Å²) in [6, 6.07) is 0. The van der Waals surface area contributed by atoms with Crippen LogP contribution in [0.15, 0.2) is 0 Å². The summed E-state index contributed by atoms with van der Waals surface area (Å²) < 4.78 is 6.58. The number of hydrogen-bond acceptors (Lipinski definition) is 2. The van der Waals surface area contributed by atoms with E-state index in [1.165, 1.54) is 11.8 Å². The lowest BCUT2D eigenvalue weighted by molar-refractivity contribution is 0.650. The quantitative estimate of drug-likeness (QED) is 0.534. The van der Waals surface area contributed by atoms with Crippen molar-refractivity contribution in [2.45, 2.75) is 0 Å². The molecule has 0 aliphatic carbocycles. The molecule has 0 aliphatic rings. The molecule has 0 heterocycles. The second kappa shape index (κ2) is 4.74. The predicted molar refractivity (Wildman–Crippen MR) is 28.9 cm³/mol. The Balaban J connectivity index is 2.63. The van der Waals surface area contributed by atoms with Crippen molar-refractivity contribution in [2.24, 2.45) is 0 Å². The highest BCUT2D eigenvalue weighted by molar-refractivity contribution is 8.02. The zero-order chi connectivity index (χ0) is 4.99. The van der Waals surface area contributed by atoms with Crippen LogP contribution in [0.5, 0.6) is 0 Å². The Kier molecular flexibility index (Phi) is 3.71. The summed E-state index contributed by atoms with van der Waals surface area (Å²) in [4.78, 5) is 8.26. The lowest BCUT2D eigenvalue weighted by atomic mass is 11.9. The second-order valence-electron chi connectivity index (χ2n) is 0.559. The van der Waals surface area contributed by atoms with Gasteiger partial charge in [-0.25, -0.2) is 0 Å². The van der Waals surface area contributed by atoms with E-state index in [1.54, 1.807) is 0 Å². The molecular weight excluding hydrogens is 103 g/mol. The van der Waals surface area contributed by atoms with Crippen molar-refractivity contribution < 1.29 is 4.89 Å². The first-order valence-electron chi connectivity index (χ1n) is 1.66. The molecule has 1 N–H and O–H groups in total. The molecule has 32 valence electrons. The normalized spacial score (nSPS) is 17.6. The molecule has 0 amide bonds. The molecule has 0 aliphatic heterocycles. The molecule has 0 aromatic rings. The molecule has 3 heteroatoms. The highest BCUT2D eigenvalue weighted by Gasteiger charge is 1.68. The van der Waals surface area contributed by atoms with E-state index >= 15 is 0 Å². The summed E-state index contributed by atoms with van der Waals surface area (Å²) in [6.45, 7) is 0. The van der Waals surface area contributed by atoms with Gasteiger partial charge in [0.1, 0.15) is 0 Å². The zero-order valence-electron chi connectivity index (χ0n) is 4.01. The number of hydrogen-bond donors (Lipinski definition) is 1. The predicted octanol–water partition coefficient (Wildman–Crippen LogP) is 0.893. The van der Waals surface area contributed by atoms with Crippen molar-refractivity contribution in [1.29, 1.82) is 1.28 Å². The van der Waals surface area contributed by atoms with Crippen molar-refractivity contribution in [3.63, 3.8) is 0 Å². The van der Waals surface area contributed by atoms with Gasteiger partial charge in [-0.2, -0.15) is 11.8 Å². The van der Waals surface area contributed by atoms with Crippen LogP contribution in [0.2, 0.25) is 0 Å². The van der Waals surface area contributed by atoms with Crippen LogP contribution >= 0.6 is 20.5 Å². The van der Waals surface area contributed by atoms with Crippen LogP contribution in [0.4, 0.5) is 0 Å². The van der Waals surface area contributed by atoms with Crippen molar-refractivity contribution in [2.75, 3.05) is 11.7 Å². The molecule has 0 fully saturated rings. The fourth-order valence-electron chi connectivity index (χ4n) is 0.0577. The van der Waals surface area contributed by atoms with Gasteiger partial charge in [0.15, 0.2) is 0 Å². The van der Waals surface area contributed by atoms with E-state index in [0.29, 0.717) is 5.49 Å². The lowest BCUT2D eigenvalue weighted by Gasteiger charge is -1.79. The molecule has 0 bridgehead atoms. The van der Waals surface area contributed by atoms with Crippen molar-refractivity contribution in [3.05, 3.63) is 0 Å². The summed E-state index contributed by atoms with van der Waals surface area (Å²) in [6.07, 6.45) is 1.88. The van der Waals surface area contributed by atoms with Gasteiger partial charge >= 0.3 is 0 Å². The summed E-state index contributed by atoms with van der Waals surface area (Å²) in [5.74, 6) is 0. The summed E-state index contributed by atoms with van der Waals surface area (Å²) >= 11 is 1.50. The van der Waals surface area contributed by atoms with E-state index in [0.717, 1.165) is 0 Å². The average molecular weight is 111 g/mol. The van der Waals surface area contributed by atoms with E-state index < -0.39 is 8.75 Å². The monoisotopic (exact) mass is 111 g/mol. The molecule has 1 nitrogen and oxygen atoms in total. The lowest BCUT2D eigenvalue weighted by Crippen LogP contribution is -1.53. The van der Waals surface area contributed by atoms with E-state index in [4.69, 9.17) is 6.17 Å². The van der Waals surface area contributed by atoms with E-state index in [-0.39, 0.29) is 0 Å². The molecule has 0 rings (SSSR count). The van der Waals surface area contributed by atoms with Gasteiger partial charge < -0.3 is 4.89 Å². The number of thioether (sulfide) groups is 1. The largest absolute Gasteiger partial charge is 0.376 e. The van der Waals surface area contributed by atoms with Crippen molar-refractivity contribution in [3.8, 4) is 0 Å². The van der Waals surface area contributed by atoms with Gasteiger partial charge in [-0.3, -0.25) is 0 Å². The van der Waals surface area contributed by atoms with E-state index in [2.05, 4.69) is 0 Å². The van der Waals surface area contributed by atoms with Gasteiger partial charge in [-0.1, -0.05) is 0 Å². The Hall–Kier alpha value is 0.740. The second-order valence-corrected chi connectivity index (χ2v) is 2.45. The summed E-state index contributed by atoms with van der Waals surface area (Å²) in [5.41, 5.74) is 0.579. The minimum Gasteiger partial charge on any atom is -0.376 e. The van der Waals surface area contributed by atoms with Crippen LogP contribution in [-0.4, -0.2) is 17.9 Å². The molecule has 5 heavy (non-hydrogen) atoms. The maximum absolute atomic E-state index is 8.26. The molecular formula is C2H7OPS. The fourth-order valence-corrected chi connectivity index (χ4v) is 0.520. The van der Waals surface area contributed by atoms with E-state index in [9.17, 15) is 0 Å². The molecule has 0 radical (unpaired) electrons. The first-order valence-corrected chi connectivity index (χ1v) is 3.64. The van der Waals surface area contributed by atoms with Gasteiger partial charge in [0.05, 0.1) is 1.28 Å². The molecule has 0 aromatic heterocycles. The van der Waals surface area contributed by atoms with Crippen molar-refractivity contribution >= 4 is 20.5 Å². The Morgan fingerprint density at radius 3 is 3.00 bits per heavy atom. The third-order valence-electron chi connectivity index (χ3n) is 0.187. The third-order valence-corrected chi connectivity index (χ3v) is 1.68. The molecule has 0 saturated heterocycles. The van der Waals surface area contributed by atoms with E-state index in [1.807, 2.05) is 6.26 Å². The maximum atomic E-state index is 8.26. The Bertz CT molecular complexity index is 34.7. The third kappa shape index (κ3) is 4.74. The van der Waals surface area contributed by atoms with Gasteiger partial charge in [-0.05, 0) is 6.26 Å². The van der Waals surface area contributed by atoms with Crippen molar-refractivity contribution in [1.82, 2.24) is 0 Å². The van der Waals surface area contributed by atoms with Crippen LogP contribution < -0.4 is 0 Å². The molecule has 0 spiro atoms. The van der Waals surface area contributed by atoms with Gasteiger partial charge in [0, 0.05) is 14.2 Å². The first kappa shape index (κ1) is 3.91. The maximum Gasteiger partial charge on any atom is 0.0891 e. The van der Waals surface area contributed by atoms with Crippen LogP contribution in [0.1, 0.15) is 0 Å². The van der Waals surface area contributed by atoms with Crippen LogP contribution in [0.3, 0.4) is 0 Å². The Morgan fingerprint density at radius 1 is 2.40 bits per heavy atom. The Morgan fingerprint density at radius 2 is 3.00 bits per heavy atom.